The molecule has 0 saturated carbocycles. The van der Waals surface area contributed by atoms with Crippen molar-refractivity contribution >= 4 is 0 Å². The van der Waals surface area contributed by atoms with Crippen LogP contribution in [0.4, 0.5) is 0 Å². The molecule has 0 fully saturated rings. The highest BCUT2D eigenvalue weighted by Gasteiger charge is 2.04. The van der Waals surface area contributed by atoms with Crippen molar-refractivity contribution in [1.82, 2.24) is 0 Å². The van der Waals surface area contributed by atoms with Crippen LogP contribution in [0.2, 0.25) is 0 Å². The molecule has 0 spiro atoms. The molecule has 6 aliphatic rings. The maximum Gasteiger partial charge on any atom is -0.0236 e. The average Bonchev–Trinajstić information content (AvgIpc) is 2.65. The number of aryl methyl sites for hydroxylation is 7. The Balaban J connectivity index is 1.65. The highest BCUT2D eigenvalue weighted by Crippen LogP contribution is 2.18. The largest absolute Gasteiger partial charge is 0.0588 e. The average molecular weight is 326 g/mol. The molecule has 25 heavy (non-hydrogen) atoms. The molecule has 6 bridgehead atoms. The monoisotopic (exact) mass is 326 g/mol. The molecule has 126 valence electrons. The Hall–Kier alpha value is -2.34. The summed E-state index contributed by atoms with van der Waals surface area (Å²) in [5.74, 6) is 0. The molecule has 0 nitrogen and oxygen atoms in total. The van der Waals surface area contributed by atoms with Crippen molar-refractivity contribution in [2.75, 3.05) is 0 Å². The van der Waals surface area contributed by atoms with E-state index < -0.39 is 0 Å². The fraction of sp³-hybridized carbons (Fsp3) is 0.280. The van der Waals surface area contributed by atoms with Crippen molar-refractivity contribution < 1.29 is 0 Å². The first-order valence-electron chi connectivity index (χ1n) is 9.50. The van der Waals surface area contributed by atoms with Crippen molar-refractivity contribution in [3.63, 3.8) is 0 Å². The second-order valence-corrected chi connectivity index (χ2v) is 7.39. The van der Waals surface area contributed by atoms with E-state index in [-0.39, 0.29) is 0 Å². The number of rotatable bonds is 0. The number of hydrogen-bond donors (Lipinski definition) is 0. The topological polar surface area (TPSA) is 0 Å². The van der Waals surface area contributed by atoms with Gasteiger partial charge < -0.3 is 0 Å². The third-order valence-corrected chi connectivity index (χ3v) is 5.54. The van der Waals surface area contributed by atoms with Crippen molar-refractivity contribution in [2.24, 2.45) is 0 Å². The standard InChI is InChI=1S/C25H26/c1-19-18-24-13-12-22-6-4-20(5-7-22)2-3-21-8-10-23(11-9-21)14-16-25(19)17-15-24/h4-11,15,17-18H,2-3,12-14,16H2,1H3. The zero-order chi connectivity index (χ0) is 17.1. The second kappa shape index (κ2) is 7.27. The molecule has 0 saturated heterocycles. The number of hydrogen-bond acceptors (Lipinski definition) is 0. The first-order chi connectivity index (χ1) is 12.3. The lowest BCUT2D eigenvalue weighted by Gasteiger charge is -2.11. The van der Waals surface area contributed by atoms with Gasteiger partial charge in [-0.05, 0) is 84.4 Å². The maximum absolute atomic E-state index is 2.38. The molecule has 0 unspecified atom stereocenters. The normalized spacial score (nSPS) is 14.4. The van der Waals surface area contributed by atoms with Crippen molar-refractivity contribution in [3.8, 4) is 0 Å². The van der Waals surface area contributed by atoms with Gasteiger partial charge in [0, 0.05) is 0 Å². The summed E-state index contributed by atoms with van der Waals surface area (Å²) in [6.45, 7) is 2.26. The molecule has 0 N–H and O–H groups in total. The predicted molar refractivity (Wildman–Crippen MR) is 106 cm³/mol. The third-order valence-electron chi connectivity index (χ3n) is 5.54. The van der Waals surface area contributed by atoms with Crippen LogP contribution in [0.25, 0.3) is 0 Å². The molecule has 9 rings (SSSR count). The van der Waals surface area contributed by atoms with Crippen LogP contribution in [0.5, 0.6) is 0 Å². The quantitative estimate of drug-likeness (QED) is 0.500. The molecule has 0 aliphatic heterocycles. The highest BCUT2D eigenvalue weighted by molar-refractivity contribution is 5.34. The molecule has 0 radical (unpaired) electrons. The van der Waals surface area contributed by atoms with E-state index in [9.17, 15) is 0 Å². The van der Waals surface area contributed by atoms with Gasteiger partial charge in [0.1, 0.15) is 0 Å². The third kappa shape index (κ3) is 4.02. The van der Waals surface area contributed by atoms with E-state index in [1.807, 2.05) is 0 Å². The van der Waals surface area contributed by atoms with E-state index in [1.54, 1.807) is 0 Å². The van der Waals surface area contributed by atoms with Crippen LogP contribution in [0.3, 0.4) is 0 Å². The predicted octanol–water partition coefficient (Wildman–Crippen LogP) is 5.66. The summed E-state index contributed by atoms with van der Waals surface area (Å²) >= 11 is 0. The summed E-state index contributed by atoms with van der Waals surface area (Å²) in [5, 5.41) is 0. The van der Waals surface area contributed by atoms with Gasteiger partial charge in [-0.3, -0.25) is 0 Å². The van der Waals surface area contributed by atoms with Gasteiger partial charge >= 0.3 is 0 Å². The van der Waals surface area contributed by atoms with Crippen LogP contribution in [-0.4, -0.2) is 0 Å². The Kier molecular flexibility index (Phi) is 4.70. The Morgan fingerprint density at radius 1 is 0.440 bits per heavy atom. The Morgan fingerprint density at radius 3 is 1.24 bits per heavy atom. The van der Waals surface area contributed by atoms with Gasteiger partial charge in [-0.25, -0.2) is 0 Å². The lowest BCUT2D eigenvalue weighted by molar-refractivity contribution is 0.915. The Morgan fingerprint density at radius 2 is 0.800 bits per heavy atom. The smallest absolute Gasteiger partial charge is 0.0236 e. The van der Waals surface area contributed by atoms with Gasteiger partial charge in [0.15, 0.2) is 0 Å². The molecule has 0 amide bonds. The molecular formula is C25H26. The van der Waals surface area contributed by atoms with Crippen molar-refractivity contribution in [2.45, 2.75) is 45.4 Å². The minimum absolute atomic E-state index is 1.12. The first-order valence-corrected chi connectivity index (χ1v) is 9.50. The molecular weight excluding hydrogens is 300 g/mol. The van der Waals surface area contributed by atoms with E-state index in [0.29, 0.717) is 0 Å². The van der Waals surface area contributed by atoms with E-state index in [1.165, 1.54) is 38.9 Å². The van der Waals surface area contributed by atoms with Crippen LogP contribution < -0.4 is 0 Å². The van der Waals surface area contributed by atoms with E-state index in [0.717, 1.165) is 38.5 Å². The molecule has 0 atom stereocenters. The fourth-order valence-electron chi connectivity index (χ4n) is 3.80. The van der Waals surface area contributed by atoms with Gasteiger partial charge in [-0.2, -0.15) is 0 Å². The summed E-state index contributed by atoms with van der Waals surface area (Å²) in [6, 6.07) is 25.5. The minimum Gasteiger partial charge on any atom is -0.0588 e. The highest BCUT2D eigenvalue weighted by atomic mass is 14.1. The Bertz CT molecular complexity index is 838. The molecule has 3 aromatic rings. The zero-order valence-corrected chi connectivity index (χ0v) is 15.1. The molecule has 6 aliphatic carbocycles. The van der Waals surface area contributed by atoms with Crippen LogP contribution in [0, 0.1) is 6.92 Å². The SMILES string of the molecule is Cc1cc2ccc1CCc1ccc(cc1)CCc1ccc(cc1)CC2. The summed E-state index contributed by atoms with van der Waals surface area (Å²) in [4.78, 5) is 0. The fourth-order valence-corrected chi connectivity index (χ4v) is 3.80. The number of benzene rings is 3. The van der Waals surface area contributed by atoms with Gasteiger partial charge in [-0.15, -0.1) is 0 Å². The Labute approximate surface area is 151 Å². The lowest BCUT2D eigenvalue weighted by atomic mass is 9.95. The second-order valence-electron chi connectivity index (χ2n) is 7.39. The van der Waals surface area contributed by atoms with Gasteiger partial charge in [0.25, 0.3) is 0 Å². The summed E-state index contributed by atoms with van der Waals surface area (Å²) in [7, 11) is 0. The van der Waals surface area contributed by atoms with Crippen LogP contribution in [-0.2, 0) is 38.5 Å². The minimum atomic E-state index is 1.12. The van der Waals surface area contributed by atoms with E-state index in [4.69, 9.17) is 0 Å². The van der Waals surface area contributed by atoms with Gasteiger partial charge in [-0.1, -0.05) is 66.7 Å². The molecule has 0 aromatic heterocycles. The summed E-state index contributed by atoms with van der Waals surface area (Å²) < 4.78 is 0. The van der Waals surface area contributed by atoms with Crippen LogP contribution in [0.1, 0.15) is 38.9 Å². The van der Waals surface area contributed by atoms with Crippen LogP contribution in [0.15, 0.2) is 66.7 Å². The van der Waals surface area contributed by atoms with Crippen LogP contribution >= 0.6 is 0 Å². The van der Waals surface area contributed by atoms with Crippen molar-refractivity contribution in [3.05, 3.63) is 106 Å². The first kappa shape index (κ1) is 16.1. The van der Waals surface area contributed by atoms with Gasteiger partial charge in [0.2, 0.25) is 0 Å². The van der Waals surface area contributed by atoms with E-state index >= 15 is 0 Å². The summed E-state index contributed by atoms with van der Waals surface area (Å²) in [6.07, 6.45) is 6.76. The van der Waals surface area contributed by atoms with Gasteiger partial charge in [0.05, 0.1) is 0 Å². The lowest BCUT2D eigenvalue weighted by Crippen LogP contribution is -1.99. The maximum atomic E-state index is 2.38. The molecule has 3 aromatic carbocycles. The summed E-state index contributed by atoms with van der Waals surface area (Å²) in [5.41, 5.74) is 10.1. The van der Waals surface area contributed by atoms with Crippen molar-refractivity contribution in [1.29, 1.82) is 0 Å². The molecule has 0 heterocycles. The van der Waals surface area contributed by atoms with E-state index in [2.05, 4.69) is 73.7 Å². The molecule has 0 heteroatoms. The zero-order valence-electron chi connectivity index (χ0n) is 15.1.